The Morgan fingerprint density at radius 1 is 0.288 bits per heavy atom. The van der Waals surface area contributed by atoms with Gasteiger partial charge in [-0.1, -0.05) is 115 Å². The van der Waals surface area contributed by atoms with Crippen LogP contribution in [0.4, 0.5) is 0 Å². The van der Waals surface area contributed by atoms with E-state index in [0.717, 1.165) is 55.4 Å². The van der Waals surface area contributed by atoms with Crippen molar-refractivity contribution in [3.05, 3.63) is 183 Å². The number of hydrogen-bond acceptors (Lipinski definition) is 6. The highest BCUT2D eigenvalue weighted by Crippen LogP contribution is 2.40. The lowest BCUT2D eigenvalue weighted by molar-refractivity contribution is 1.07. The third kappa shape index (κ3) is 5.99. The Hall–Kier alpha value is -7.18. The zero-order chi connectivity index (χ0) is 34.7. The van der Waals surface area contributed by atoms with Crippen LogP contribution in [0, 0.1) is 0 Å². The van der Waals surface area contributed by atoms with Crippen molar-refractivity contribution in [2.45, 2.75) is 0 Å². The lowest BCUT2D eigenvalue weighted by Crippen LogP contribution is -2.01. The molecule has 0 radical (unpaired) electrons. The predicted octanol–water partition coefficient (Wildman–Crippen LogP) is 10.9. The summed E-state index contributed by atoms with van der Waals surface area (Å²) in [6.07, 6.45) is 8.84. The number of nitrogens with zero attached hydrogens (tertiary/aromatic N) is 6. The summed E-state index contributed by atoms with van der Waals surface area (Å²) < 4.78 is 0. The number of hydrogen-bond donors (Lipinski definition) is 0. The van der Waals surface area contributed by atoms with Crippen LogP contribution in [0.2, 0.25) is 0 Å². The van der Waals surface area contributed by atoms with Crippen molar-refractivity contribution < 1.29 is 0 Å². The van der Waals surface area contributed by atoms with Crippen LogP contribution in [-0.2, 0) is 0 Å². The minimum atomic E-state index is 0.572. The third-order valence-electron chi connectivity index (χ3n) is 9.23. The van der Waals surface area contributed by atoms with E-state index in [2.05, 4.69) is 131 Å². The van der Waals surface area contributed by atoms with Gasteiger partial charge in [-0.15, -0.1) is 0 Å². The molecule has 6 heteroatoms. The molecule has 4 aromatic heterocycles. The summed E-state index contributed by atoms with van der Waals surface area (Å²) in [5.41, 5.74) is 12.5. The van der Waals surface area contributed by atoms with Crippen LogP contribution < -0.4 is 0 Å². The van der Waals surface area contributed by atoms with Gasteiger partial charge in [0.05, 0.1) is 5.52 Å². The van der Waals surface area contributed by atoms with Gasteiger partial charge in [-0.05, 0) is 75.3 Å². The summed E-state index contributed by atoms with van der Waals surface area (Å²) in [7, 11) is 0. The molecule has 52 heavy (non-hydrogen) atoms. The minimum absolute atomic E-state index is 0.572. The summed E-state index contributed by atoms with van der Waals surface area (Å²) in [5.74, 6) is 1.72. The summed E-state index contributed by atoms with van der Waals surface area (Å²) in [5, 5.41) is 1.07. The van der Waals surface area contributed by atoms with E-state index < -0.39 is 0 Å². The molecule has 0 spiro atoms. The quantitative estimate of drug-likeness (QED) is 0.168. The fraction of sp³-hybridized carbons (Fsp3) is 0. The van der Waals surface area contributed by atoms with Gasteiger partial charge in [0.1, 0.15) is 0 Å². The molecule has 0 unspecified atom stereocenters. The van der Waals surface area contributed by atoms with Crippen LogP contribution >= 0.6 is 0 Å². The molecule has 0 saturated heterocycles. The van der Waals surface area contributed by atoms with E-state index in [9.17, 15) is 0 Å². The number of pyridine rings is 3. The van der Waals surface area contributed by atoms with E-state index in [1.165, 1.54) is 16.7 Å². The highest BCUT2D eigenvalue weighted by molar-refractivity contribution is 5.99. The molecule has 4 heterocycles. The Morgan fingerprint density at radius 3 is 1.38 bits per heavy atom. The lowest BCUT2D eigenvalue weighted by Gasteiger charge is -2.16. The van der Waals surface area contributed by atoms with Crippen molar-refractivity contribution in [3.63, 3.8) is 0 Å². The molecule has 0 saturated carbocycles. The molecule has 0 aliphatic heterocycles. The molecule has 0 aliphatic rings. The topological polar surface area (TPSA) is 77.3 Å². The maximum atomic E-state index is 5.00. The Kier molecular flexibility index (Phi) is 8.08. The molecule has 0 amide bonds. The summed E-state index contributed by atoms with van der Waals surface area (Å²) >= 11 is 0. The summed E-state index contributed by atoms with van der Waals surface area (Å²) in [6.45, 7) is 0. The second-order valence-electron chi connectivity index (χ2n) is 12.4. The zero-order valence-electron chi connectivity index (χ0n) is 28.0. The van der Waals surface area contributed by atoms with Crippen molar-refractivity contribution >= 4 is 10.9 Å². The average Bonchev–Trinajstić information content (AvgIpc) is 3.24. The fourth-order valence-corrected chi connectivity index (χ4v) is 6.68. The van der Waals surface area contributed by atoms with Crippen molar-refractivity contribution in [2.24, 2.45) is 0 Å². The van der Waals surface area contributed by atoms with Crippen LogP contribution in [0.5, 0.6) is 0 Å². The van der Waals surface area contributed by atoms with Crippen molar-refractivity contribution in [2.75, 3.05) is 0 Å². The molecule has 9 rings (SSSR count). The Morgan fingerprint density at radius 2 is 0.769 bits per heavy atom. The van der Waals surface area contributed by atoms with Crippen molar-refractivity contribution in [1.82, 2.24) is 29.9 Å². The largest absolute Gasteiger partial charge is 0.265 e. The first kappa shape index (κ1) is 30.8. The fourth-order valence-electron chi connectivity index (χ4n) is 6.68. The van der Waals surface area contributed by atoms with Gasteiger partial charge >= 0.3 is 0 Å². The first-order chi connectivity index (χ1) is 25.8. The lowest BCUT2D eigenvalue weighted by atomic mass is 9.89. The second-order valence-corrected chi connectivity index (χ2v) is 12.4. The van der Waals surface area contributed by atoms with Crippen LogP contribution in [0.1, 0.15) is 0 Å². The number of rotatable bonds is 7. The van der Waals surface area contributed by atoms with Crippen LogP contribution in [0.15, 0.2) is 183 Å². The Balaban J connectivity index is 1.20. The Labute approximate surface area is 301 Å². The van der Waals surface area contributed by atoms with Crippen LogP contribution in [-0.4, -0.2) is 29.9 Å². The van der Waals surface area contributed by atoms with Gasteiger partial charge in [0, 0.05) is 58.6 Å². The van der Waals surface area contributed by atoms with E-state index >= 15 is 0 Å². The average molecular weight is 667 g/mol. The molecule has 0 aliphatic carbocycles. The van der Waals surface area contributed by atoms with E-state index in [1.807, 2.05) is 36.5 Å². The van der Waals surface area contributed by atoms with E-state index in [4.69, 9.17) is 19.9 Å². The number of fused-ring (bicyclic) bond motifs is 1. The zero-order valence-corrected chi connectivity index (χ0v) is 28.0. The third-order valence-corrected chi connectivity index (χ3v) is 9.23. The molecule has 0 bridgehead atoms. The predicted molar refractivity (Wildman–Crippen MR) is 209 cm³/mol. The molecule has 244 valence electrons. The molecule has 9 aromatic rings. The number of para-hydroxylation sites is 1. The van der Waals surface area contributed by atoms with E-state index in [0.29, 0.717) is 17.5 Å². The molecule has 0 atom stereocenters. The molecule has 5 aromatic carbocycles. The maximum Gasteiger partial charge on any atom is 0.164 e. The molecule has 6 nitrogen and oxygen atoms in total. The summed E-state index contributed by atoms with van der Waals surface area (Å²) in [4.78, 5) is 28.1. The van der Waals surface area contributed by atoms with Gasteiger partial charge in [0.25, 0.3) is 0 Å². The van der Waals surface area contributed by atoms with Crippen LogP contribution in [0.3, 0.4) is 0 Å². The number of benzene rings is 5. The SMILES string of the molecule is c1ccc(-c2ccccc2-c2ccc(-c3ccc(-c4nc(-c5ccncc5)nc(-c5ccncc5)n4)cc3-c3cccc4cccnc34)cc2)cc1. The van der Waals surface area contributed by atoms with E-state index in [-0.39, 0.29) is 0 Å². The molecule has 0 fully saturated rings. The highest BCUT2D eigenvalue weighted by atomic mass is 15.0. The minimum Gasteiger partial charge on any atom is -0.265 e. The van der Waals surface area contributed by atoms with Gasteiger partial charge in [0.15, 0.2) is 17.5 Å². The summed E-state index contributed by atoms with van der Waals surface area (Å²) in [6, 6.07) is 52.4. The van der Waals surface area contributed by atoms with Gasteiger partial charge < -0.3 is 0 Å². The van der Waals surface area contributed by atoms with Gasteiger partial charge in [0.2, 0.25) is 0 Å². The van der Waals surface area contributed by atoms with Gasteiger partial charge in [-0.2, -0.15) is 0 Å². The van der Waals surface area contributed by atoms with Gasteiger partial charge in [-0.3, -0.25) is 15.0 Å². The monoisotopic (exact) mass is 666 g/mol. The molecule has 0 N–H and O–H groups in total. The van der Waals surface area contributed by atoms with Gasteiger partial charge in [-0.25, -0.2) is 15.0 Å². The van der Waals surface area contributed by atoms with Crippen molar-refractivity contribution in [3.8, 4) is 78.7 Å². The molecular weight excluding hydrogens is 637 g/mol. The van der Waals surface area contributed by atoms with Crippen molar-refractivity contribution in [1.29, 1.82) is 0 Å². The number of aromatic nitrogens is 6. The molecular formula is C46H30N6. The second kappa shape index (κ2) is 13.6. The first-order valence-electron chi connectivity index (χ1n) is 17.1. The smallest absolute Gasteiger partial charge is 0.164 e. The highest BCUT2D eigenvalue weighted by Gasteiger charge is 2.17. The Bertz CT molecular complexity index is 2600. The normalized spacial score (nSPS) is 11.1. The van der Waals surface area contributed by atoms with Crippen LogP contribution in [0.25, 0.3) is 89.6 Å². The standard InChI is InChI=1S/C46H30N6/c1-2-8-31(9-3-1)38-12-4-5-13-39(38)32-15-17-33(18-16-32)40-20-19-37(30-42(40)41-14-6-10-34-11-7-25-49-43(34)41)46-51-44(35-21-26-47-27-22-35)50-45(52-46)36-23-28-48-29-24-36/h1-30H. The van der Waals surface area contributed by atoms with E-state index in [1.54, 1.807) is 24.8 Å². The maximum absolute atomic E-state index is 5.00. The first-order valence-corrected chi connectivity index (χ1v) is 17.1.